The van der Waals surface area contributed by atoms with E-state index in [1.807, 2.05) is 13.8 Å². The molecule has 9 nitrogen and oxygen atoms in total. The Kier molecular flexibility index (Phi) is 5.74. The molecule has 9 heteroatoms. The number of primary amides is 1. The van der Waals surface area contributed by atoms with Gasteiger partial charge in [-0.2, -0.15) is 0 Å². The van der Waals surface area contributed by atoms with Crippen LogP contribution in [0.5, 0.6) is 5.88 Å². The summed E-state index contributed by atoms with van der Waals surface area (Å²) in [6.07, 6.45) is 3.15. The van der Waals surface area contributed by atoms with Crippen LogP contribution in [0.1, 0.15) is 34.6 Å². The quantitative estimate of drug-likeness (QED) is 0.799. The molecule has 148 valence electrons. The Hall–Kier alpha value is -3.20. The molecule has 2 atom stereocenters. The van der Waals surface area contributed by atoms with Gasteiger partial charge in [-0.05, 0) is 32.0 Å². The Morgan fingerprint density at radius 3 is 2.50 bits per heavy atom. The van der Waals surface area contributed by atoms with Crippen LogP contribution >= 0.6 is 0 Å². The number of pyridine rings is 2. The Morgan fingerprint density at radius 1 is 1.21 bits per heavy atom. The molecule has 0 bridgehead atoms. The van der Waals surface area contributed by atoms with Crippen LogP contribution in [0.4, 0.5) is 11.5 Å². The summed E-state index contributed by atoms with van der Waals surface area (Å²) in [6, 6.07) is 4.93. The number of aromatic nitrogens is 2. The smallest absolute Gasteiger partial charge is 0.257 e. The highest BCUT2D eigenvalue weighted by molar-refractivity contribution is 6.05. The monoisotopic (exact) mass is 385 g/mol. The number of nitrogens with two attached hydrogens (primary N) is 1. The largest absolute Gasteiger partial charge is 0.480 e. The Bertz CT molecular complexity index is 861. The zero-order chi connectivity index (χ0) is 20.3. The van der Waals surface area contributed by atoms with Crippen molar-refractivity contribution >= 4 is 23.3 Å². The van der Waals surface area contributed by atoms with Crippen molar-refractivity contribution in [3.8, 4) is 5.88 Å². The molecule has 3 N–H and O–H groups in total. The van der Waals surface area contributed by atoms with Crippen molar-refractivity contribution in [2.75, 3.05) is 30.4 Å². The molecule has 0 saturated carbocycles. The molecule has 1 aliphatic rings. The van der Waals surface area contributed by atoms with E-state index < -0.39 is 5.91 Å². The summed E-state index contributed by atoms with van der Waals surface area (Å²) in [6.45, 7) is 5.54. The Morgan fingerprint density at radius 2 is 1.93 bits per heavy atom. The SMILES string of the molecule is COc1ncc(NC(=O)c2ccc(N3CC(C)OC(C)C3)nc2)cc1C(N)=O. The lowest BCUT2D eigenvalue weighted by Crippen LogP contribution is -2.45. The van der Waals surface area contributed by atoms with Crippen molar-refractivity contribution in [1.82, 2.24) is 9.97 Å². The zero-order valence-electron chi connectivity index (χ0n) is 16.0. The zero-order valence-corrected chi connectivity index (χ0v) is 16.0. The molecule has 0 aromatic carbocycles. The first-order valence-corrected chi connectivity index (χ1v) is 8.89. The molecular weight excluding hydrogens is 362 g/mol. The number of hydrogen-bond donors (Lipinski definition) is 2. The second-order valence-electron chi connectivity index (χ2n) is 6.67. The standard InChI is InChI=1S/C19H23N5O4/c1-11-9-24(10-12(2)28-11)16-5-4-13(7-21-16)18(26)23-14-6-15(17(20)25)19(27-3)22-8-14/h4-8,11-12H,9-10H2,1-3H3,(H2,20,25)(H,23,26). The van der Waals surface area contributed by atoms with Crippen LogP contribution in [0.3, 0.4) is 0 Å². The van der Waals surface area contributed by atoms with Crippen molar-refractivity contribution in [2.24, 2.45) is 5.73 Å². The lowest BCUT2D eigenvalue weighted by molar-refractivity contribution is -0.00546. The predicted octanol–water partition coefficient (Wildman–Crippen LogP) is 1.45. The summed E-state index contributed by atoms with van der Waals surface area (Å²) in [4.78, 5) is 34.5. The van der Waals surface area contributed by atoms with Crippen molar-refractivity contribution in [3.05, 3.63) is 41.7 Å². The average Bonchev–Trinajstić information content (AvgIpc) is 2.67. The maximum Gasteiger partial charge on any atom is 0.257 e. The maximum atomic E-state index is 12.5. The molecule has 2 amide bonds. The minimum absolute atomic E-state index is 0.0873. The van der Waals surface area contributed by atoms with Crippen molar-refractivity contribution in [2.45, 2.75) is 26.1 Å². The van der Waals surface area contributed by atoms with E-state index in [-0.39, 0.29) is 29.6 Å². The van der Waals surface area contributed by atoms with Crippen LogP contribution in [0.2, 0.25) is 0 Å². The first-order valence-electron chi connectivity index (χ1n) is 8.89. The third kappa shape index (κ3) is 4.37. The number of anilines is 2. The van der Waals surface area contributed by atoms with Gasteiger partial charge in [-0.1, -0.05) is 0 Å². The predicted molar refractivity (Wildman–Crippen MR) is 104 cm³/mol. The van der Waals surface area contributed by atoms with E-state index in [0.29, 0.717) is 11.3 Å². The number of nitrogens with one attached hydrogen (secondary N) is 1. The first kappa shape index (κ1) is 19.6. The average molecular weight is 385 g/mol. The molecule has 0 aliphatic carbocycles. The van der Waals surface area contributed by atoms with Crippen molar-refractivity contribution in [1.29, 1.82) is 0 Å². The fraction of sp³-hybridized carbons (Fsp3) is 0.368. The van der Waals surface area contributed by atoms with Gasteiger partial charge in [0.15, 0.2) is 0 Å². The van der Waals surface area contributed by atoms with Gasteiger partial charge in [0, 0.05) is 19.3 Å². The molecular formula is C19H23N5O4. The van der Waals surface area contributed by atoms with E-state index in [2.05, 4.69) is 20.2 Å². The molecule has 0 spiro atoms. The molecule has 3 rings (SSSR count). The molecule has 28 heavy (non-hydrogen) atoms. The molecule has 2 unspecified atom stereocenters. The molecule has 3 heterocycles. The molecule has 1 fully saturated rings. The number of methoxy groups -OCH3 is 1. The van der Waals surface area contributed by atoms with Gasteiger partial charge in [-0.15, -0.1) is 0 Å². The van der Waals surface area contributed by atoms with E-state index in [4.69, 9.17) is 15.2 Å². The molecule has 2 aromatic heterocycles. The van der Waals surface area contributed by atoms with E-state index >= 15 is 0 Å². The highest BCUT2D eigenvalue weighted by atomic mass is 16.5. The highest BCUT2D eigenvalue weighted by Gasteiger charge is 2.23. The van der Waals surface area contributed by atoms with Gasteiger partial charge >= 0.3 is 0 Å². The fourth-order valence-electron chi connectivity index (χ4n) is 3.14. The van der Waals surface area contributed by atoms with Crippen LogP contribution in [0.15, 0.2) is 30.6 Å². The summed E-state index contributed by atoms with van der Waals surface area (Å²) < 4.78 is 10.7. The number of amides is 2. The van der Waals surface area contributed by atoms with Crippen LogP contribution in [0, 0.1) is 0 Å². The van der Waals surface area contributed by atoms with Crippen LogP contribution in [0.25, 0.3) is 0 Å². The molecule has 0 radical (unpaired) electrons. The number of morpholine rings is 1. The van der Waals surface area contributed by atoms with Gasteiger partial charge in [-0.3, -0.25) is 9.59 Å². The number of carbonyl (C=O) groups is 2. The highest BCUT2D eigenvalue weighted by Crippen LogP contribution is 2.21. The molecule has 1 saturated heterocycles. The Labute approximate surface area is 162 Å². The van der Waals surface area contributed by atoms with Gasteiger partial charge in [0.1, 0.15) is 11.4 Å². The van der Waals surface area contributed by atoms with Crippen LogP contribution < -0.4 is 20.7 Å². The summed E-state index contributed by atoms with van der Waals surface area (Å²) in [5, 5.41) is 2.68. The van der Waals surface area contributed by atoms with Crippen LogP contribution in [-0.2, 0) is 4.74 Å². The number of ether oxygens (including phenoxy) is 2. The summed E-state index contributed by atoms with van der Waals surface area (Å²) >= 11 is 0. The minimum atomic E-state index is -0.694. The maximum absolute atomic E-state index is 12.5. The number of hydrogen-bond acceptors (Lipinski definition) is 7. The summed E-state index contributed by atoms with van der Waals surface area (Å²) in [7, 11) is 1.39. The van der Waals surface area contributed by atoms with Gasteiger partial charge in [0.25, 0.3) is 11.8 Å². The Balaban J connectivity index is 1.71. The lowest BCUT2D eigenvalue weighted by atomic mass is 10.2. The number of carbonyl (C=O) groups excluding carboxylic acids is 2. The van der Waals surface area contributed by atoms with E-state index in [1.165, 1.54) is 25.6 Å². The minimum Gasteiger partial charge on any atom is -0.480 e. The van der Waals surface area contributed by atoms with Crippen LogP contribution in [-0.4, -0.2) is 54.2 Å². The number of nitrogens with zero attached hydrogens (tertiary/aromatic N) is 3. The summed E-state index contributed by atoms with van der Waals surface area (Å²) in [5.74, 6) is -0.170. The van der Waals surface area contributed by atoms with Gasteiger partial charge in [0.05, 0.1) is 36.8 Å². The lowest BCUT2D eigenvalue weighted by Gasteiger charge is -2.36. The van der Waals surface area contributed by atoms with E-state index in [1.54, 1.807) is 12.1 Å². The van der Waals surface area contributed by atoms with E-state index in [9.17, 15) is 9.59 Å². The second-order valence-corrected chi connectivity index (χ2v) is 6.67. The van der Waals surface area contributed by atoms with E-state index in [0.717, 1.165) is 18.9 Å². The van der Waals surface area contributed by atoms with Crippen molar-refractivity contribution < 1.29 is 19.1 Å². The number of rotatable bonds is 5. The van der Waals surface area contributed by atoms with Gasteiger partial charge < -0.3 is 25.4 Å². The topological polar surface area (TPSA) is 120 Å². The van der Waals surface area contributed by atoms with Gasteiger partial charge in [0.2, 0.25) is 5.88 Å². The fourth-order valence-corrected chi connectivity index (χ4v) is 3.14. The molecule has 2 aromatic rings. The third-order valence-electron chi connectivity index (χ3n) is 4.32. The third-order valence-corrected chi connectivity index (χ3v) is 4.32. The normalized spacial score (nSPS) is 19.2. The first-order chi connectivity index (χ1) is 13.4. The van der Waals surface area contributed by atoms with Crippen molar-refractivity contribution in [3.63, 3.8) is 0 Å². The summed E-state index contributed by atoms with van der Waals surface area (Å²) in [5.41, 5.74) is 6.12. The molecule has 1 aliphatic heterocycles. The van der Waals surface area contributed by atoms with Gasteiger partial charge in [-0.25, -0.2) is 9.97 Å². The second kappa shape index (κ2) is 8.22.